The monoisotopic (exact) mass is 552 g/mol. The molecule has 1 aliphatic rings. The van der Waals surface area contributed by atoms with Gasteiger partial charge in [0.25, 0.3) is 0 Å². The minimum Gasteiger partial charge on any atom is -0.489 e. The maximum absolute atomic E-state index is 9.47. The summed E-state index contributed by atoms with van der Waals surface area (Å²) in [5.74, 6) is 6.48. The highest BCUT2D eigenvalue weighted by atomic mass is 16.5. The minimum absolute atomic E-state index is 0. The molecule has 216 valence electrons. The van der Waals surface area contributed by atoms with E-state index >= 15 is 0 Å². The van der Waals surface area contributed by atoms with Crippen LogP contribution in [-0.2, 0) is 17.8 Å². The lowest BCUT2D eigenvalue weighted by molar-refractivity contribution is -0.107. The molecular formula is C35H44N4O2. The van der Waals surface area contributed by atoms with Crippen LogP contribution in [-0.4, -0.2) is 18.7 Å². The minimum atomic E-state index is 0. The summed E-state index contributed by atoms with van der Waals surface area (Å²) in [6, 6.07) is 35.8. The summed E-state index contributed by atoms with van der Waals surface area (Å²) in [6.45, 7) is 1.14. The van der Waals surface area contributed by atoms with Crippen LogP contribution in [0.3, 0.4) is 0 Å². The van der Waals surface area contributed by atoms with Crippen molar-refractivity contribution >= 4 is 12.1 Å². The summed E-state index contributed by atoms with van der Waals surface area (Å²) >= 11 is 0. The smallest absolute Gasteiger partial charge is 0.122 e. The van der Waals surface area contributed by atoms with E-state index in [-0.39, 0.29) is 26.6 Å². The Morgan fingerprint density at radius 2 is 1.56 bits per heavy atom. The first-order valence-electron chi connectivity index (χ1n) is 13.3. The van der Waals surface area contributed by atoms with Crippen molar-refractivity contribution in [3.8, 4) is 5.75 Å². The van der Waals surface area contributed by atoms with Crippen LogP contribution in [0, 0.1) is 5.41 Å². The van der Waals surface area contributed by atoms with Gasteiger partial charge in [-0.1, -0.05) is 106 Å². The van der Waals surface area contributed by atoms with E-state index in [0.717, 1.165) is 30.4 Å². The number of ether oxygens (including phenoxy) is 1. The number of benzene rings is 4. The Morgan fingerprint density at radius 1 is 0.902 bits per heavy atom. The van der Waals surface area contributed by atoms with Crippen molar-refractivity contribution < 1.29 is 9.53 Å². The van der Waals surface area contributed by atoms with Gasteiger partial charge < -0.3 is 15.3 Å². The zero-order valence-corrected chi connectivity index (χ0v) is 22.1. The molecule has 0 aromatic heterocycles. The topological polar surface area (TPSA) is 114 Å². The average molecular weight is 553 g/mol. The quantitative estimate of drug-likeness (QED) is 0.0459. The van der Waals surface area contributed by atoms with Crippen molar-refractivity contribution in [1.82, 2.24) is 5.43 Å². The number of carbonyl (C=O) groups is 1. The van der Waals surface area contributed by atoms with Crippen LogP contribution in [0.5, 0.6) is 5.75 Å². The van der Waals surface area contributed by atoms with Gasteiger partial charge in [0.1, 0.15) is 24.5 Å². The van der Waals surface area contributed by atoms with Gasteiger partial charge in [-0.3, -0.25) is 16.7 Å². The Bertz CT molecular complexity index is 1340. The molecule has 0 fully saturated rings. The van der Waals surface area contributed by atoms with Gasteiger partial charge in [-0.15, -0.1) is 0 Å². The van der Waals surface area contributed by atoms with Gasteiger partial charge in [-0.2, -0.15) is 0 Å². The number of nitrogens with one attached hydrogen (secondary N) is 2. The number of rotatable bonds is 9. The van der Waals surface area contributed by atoms with Gasteiger partial charge in [0.15, 0.2) is 0 Å². The molecule has 4 aromatic carbocycles. The number of aryl methyl sites for hydroxylation is 1. The average Bonchev–Trinajstić information content (AvgIpc) is 2.99. The standard InChI is InChI=1S/C30H28N2O.C3H8N2O.2CH4/c31-30(32)24-13-11-23(12-14-24)29-27(22-9-5-2-6-10-22)17-15-25-19-26(16-18-28(25)29)33-20-21-7-3-1-4-8-21;4-5-2-1-3-6;;/h1-14,16,18-19,27,29H,15,17,20H2,(H3,31,32);3,5H,1-2,4H2;2*1H4/t27-,29?;;;/m1.../s1. The highest BCUT2D eigenvalue weighted by Crippen LogP contribution is 2.47. The van der Waals surface area contributed by atoms with Crippen LogP contribution < -0.4 is 21.7 Å². The maximum Gasteiger partial charge on any atom is 0.122 e. The molecule has 0 amide bonds. The van der Waals surface area contributed by atoms with Gasteiger partial charge in [-0.05, 0) is 58.7 Å². The number of hydrogen-bond donors (Lipinski definition) is 4. The third-order valence-corrected chi connectivity index (χ3v) is 7.04. The molecule has 0 heterocycles. The fourth-order valence-electron chi connectivity index (χ4n) is 5.11. The van der Waals surface area contributed by atoms with Crippen LogP contribution in [0.1, 0.15) is 72.9 Å². The van der Waals surface area contributed by atoms with E-state index in [0.29, 0.717) is 25.5 Å². The Hall–Kier alpha value is -4.26. The fraction of sp³-hybridized carbons (Fsp3) is 0.257. The molecule has 0 saturated heterocycles. The largest absolute Gasteiger partial charge is 0.489 e. The van der Waals surface area contributed by atoms with E-state index < -0.39 is 0 Å². The molecule has 41 heavy (non-hydrogen) atoms. The molecule has 0 spiro atoms. The normalized spacial score (nSPS) is 15.0. The van der Waals surface area contributed by atoms with Gasteiger partial charge in [0.05, 0.1) is 0 Å². The Balaban J connectivity index is 0.000000667. The van der Waals surface area contributed by atoms with Crippen molar-refractivity contribution in [3.05, 3.63) is 137 Å². The molecular weight excluding hydrogens is 508 g/mol. The lowest BCUT2D eigenvalue weighted by atomic mass is 9.69. The molecule has 0 aliphatic heterocycles. The SMILES string of the molecule is C.C.N=C(N)c1ccc(C2c3ccc(OCc4ccccc4)cc3CC[C@@H]2c2ccccc2)cc1.NNCCC=O. The van der Waals surface area contributed by atoms with Gasteiger partial charge in [-0.25, -0.2) is 0 Å². The Morgan fingerprint density at radius 3 is 2.15 bits per heavy atom. The summed E-state index contributed by atoms with van der Waals surface area (Å²) in [7, 11) is 0. The van der Waals surface area contributed by atoms with Crippen LogP contribution in [0.4, 0.5) is 0 Å². The van der Waals surface area contributed by atoms with Crippen molar-refractivity contribution in [3.63, 3.8) is 0 Å². The predicted molar refractivity (Wildman–Crippen MR) is 170 cm³/mol. The van der Waals surface area contributed by atoms with Crippen LogP contribution in [0.15, 0.2) is 103 Å². The van der Waals surface area contributed by atoms with Crippen molar-refractivity contribution in [2.24, 2.45) is 11.6 Å². The molecule has 0 saturated carbocycles. The van der Waals surface area contributed by atoms with Crippen LogP contribution >= 0.6 is 0 Å². The second-order valence-electron chi connectivity index (χ2n) is 9.61. The number of hydrazine groups is 1. The molecule has 0 bridgehead atoms. The molecule has 4 aromatic rings. The van der Waals surface area contributed by atoms with E-state index in [1.165, 1.54) is 27.8 Å². The van der Waals surface area contributed by atoms with Gasteiger partial charge in [0, 0.05) is 24.4 Å². The molecule has 0 radical (unpaired) electrons. The third kappa shape index (κ3) is 8.87. The lowest BCUT2D eigenvalue weighted by Crippen LogP contribution is -2.22. The molecule has 2 atom stereocenters. The van der Waals surface area contributed by atoms with Crippen molar-refractivity contribution in [1.29, 1.82) is 5.41 Å². The summed E-state index contributed by atoms with van der Waals surface area (Å²) in [4.78, 5) is 9.47. The number of amidine groups is 1. The zero-order chi connectivity index (χ0) is 27.5. The van der Waals surface area contributed by atoms with E-state index in [4.69, 9.17) is 21.7 Å². The fourth-order valence-corrected chi connectivity index (χ4v) is 5.11. The van der Waals surface area contributed by atoms with E-state index in [1.54, 1.807) is 0 Å². The maximum atomic E-state index is 9.47. The summed E-state index contributed by atoms with van der Waals surface area (Å²) < 4.78 is 6.12. The third-order valence-electron chi connectivity index (χ3n) is 7.04. The summed E-state index contributed by atoms with van der Waals surface area (Å²) in [6.07, 6.45) is 3.42. The molecule has 1 aliphatic carbocycles. The van der Waals surface area contributed by atoms with Crippen molar-refractivity contribution in [2.75, 3.05) is 6.54 Å². The molecule has 6 heteroatoms. The molecule has 5 rings (SSSR count). The number of aldehydes is 1. The number of carbonyl (C=O) groups excluding carboxylic acids is 1. The van der Waals surface area contributed by atoms with E-state index in [2.05, 4.69) is 78.2 Å². The highest BCUT2D eigenvalue weighted by molar-refractivity contribution is 5.94. The number of hydrogen-bond acceptors (Lipinski definition) is 5. The number of nitrogens with two attached hydrogens (primary N) is 2. The highest BCUT2D eigenvalue weighted by Gasteiger charge is 2.32. The van der Waals surface area contributed by atoms with E-state index in [1.807, 2.05) is 30.3 Å². The Labute approximate surface area is 245 Å². The summed E-state index contributed by atoms with van der Waals surface area (Å²) in [5, 5.41) is 7.73. The Kier molecular flexibility index (Phi) is 13.5. The molecule has 1 unspecified atom stereocenters. The van der Waals surface area contributed by atoms with E-state index in [9.17, 15) is 4.79 Å². The lowest BCUT2D eigenvalue weighted by Gasteiger charge is -2.35. The molecule has 6 nitrogen and oxygen atoms in total. The van der Waals surface area contributed by atoms with Gasteiger partial charge in [0.2, 0.25) is 0 Å². The first kappa shape index (κ1) is 32.9. The van der Waals surface area contributed by atoms with Gasteiger partial charge >= 0.3 is 0 Å². The first-order chi connectivity index (χ1) is 19.1. The van der Waals surface area contributed by atoms with Crippen LogP contribution in [0.25, 0.3) is 0 Å². The zero-order valence-electron chi connectivity index (χ0n) is 22.1. The first-order valence-corrected chi connectivity index (χ1v) is 13.3. The number of fused-ring (bicyclic) bond motifs is 1. The second-order valence-corrected chi connectivity index (χ2v) is 9.61. The summed E-state index contributed by atoms with van der Waals surface area (Å²) in [5.41, 5.74) is 15.3. The second kappa shape index (κ2) is 16.8. The van der Waals surface area contributed by atoms with Crippen LogP contribution in [0.2, 0.25) is 0 Å². The number of nitrogen functional groups attached to an aromatic ring is 1. The predicted octanol–water partition coefficient (Wildman–Crippen LogP) is 6.72. The van der Waals surface area contributed by atoms with Crippen molar-refractivity contribution in [2.45, 2.75) is 52.6 Å². The molecule has 6 N–H and O–H groups in total.